The van der Waals surface area contributed by atoms with E-state index < -0.39 is 60.4 Å². The standard InChI is InChI=1S/C19H28N6O8/c20-11(3-4-15(27)28)16(29)24-13(8-26)17(30)23-12(6-10-7-21-9-22-10)18(31)25-5-1-2-14(25)19(32)33/h7,9,11-14,26H,1-6,8,20H2,(H,21,22)(H,23,30)(H,24,29)(H,27,28)(H,32,33). The molecule has 2 heterocycles. The van der Waals surface area contributed by atoms with Gasteiger partial charge in [0.25, 0.3) is 0 Å². The summed E-state index contributed by atoms with van der Waals surface area (Å²) in [6.07, 6.45) is 3.05. The molecule has 0 aliphatic carbocycles. The number of nitrogens with zero attached hydrogens (tertiary/aromatic N) is 2. The lowest BCUT2D eigenvalue weighted by Gasteiger charge is -2.28. The van der Waals surface area contributed by atoms with E-state index in [0.717, 1.165) is 0 Å². The van der Waals surface area contributed by atoms with Gasteiger partial charge in [0.15, 0.2) is 0 Å². The SMILES string of the molecule is NC(CCC(=O)O)C(=O)NC(CO)C(=O)NC(Cc1cnc[nH]1)C(=O)N1CCCC1C(=O)O. The second kappa shape index (κ2) is 11.9. The molecule has 1 aromatic heterocycles. The summed E-state index contributed by atoms with van der Waals surface area (Å²) in [6, 6.07) is -4.88. The van der Waals surface area contributed by atoms with Crippen LogP contribution >= 0.6 is 0 Å². The zero-order valence-corrected chi connectivity index (χ0v) is 17.8. The van der Waals surface area contributed by atoms with Gasteiger partial charge in [0, 0.05) is 31.3 Å². The lowest BCUT2D eigenvalue weighted by molar-refractivity contribution is -0.149. The number of aromatic nitrogens is 2. The number of aromatic amines is 1. The molecule has 1 aliphatic heterocycles. The maximum absolute atomic E-state index is 13.1. The number of amides is 3. The molecule has 1 aromatic rings. The number of carboxylic acid groups (broad SMARTS) is 2. The maximum Gasteiger partial charge on any atom is 0.326 e. The highest BCUT2D eigenvalue weighted by Crippen LogP contribution is 2.19. The van der Waals surface area contributed by atoms with E-state index in [1.165, 1.54) is 17.4 Å². The molecule has 1 aliphatic rings. The van der Waals surface area contributed by atoms with Gasteiger partial charge in [0.1, 0.15) is 18.1 Å². The molecular weight excluding hydrogens is 440 g/mol. The average molecular weight is 468 g/mol. The first kappa shape index (κ1) is 25.7. The Labute approximate surface area is 188 Å². The highest BCUT2D eigenvalue weighted by molar-refractivity contribution is 5.94. The lowest BCUT2D eigenvalue weighted by Crippen LogP contribution is -2.58. The van der Waals surface area contributed by atoms with E-state index >= 15 is 0 Å². The van der Waals surface area contributed by atoms with Crippen LogP contribution in [0.3, 0.4) is 0 Å². The van der Waals surface area contributed by atoms with Crippen LogP contribution in [0.1, 0.15) is 31.4 Å². The molecule has 0 saturated carbocycles. The van der Waals surface area contributed by atoms with Gasteiger partial charge in [-0.25, -0.2) is 9.78 Å². The highest BCUT2D eigenvalue weighted by atomic mass is 16.4. The van der Waals surface area contributed by atoms with Crippen LogP contribution in [0.2, 0.25) is 0 Å². The summed E-state index contributed by atoms with van der Waals surface area (Å²) < 4.78 is 0. The number of aliphatic hydroxyl groups is 1. The fraction of sp³-hybridized carbons (Fsp3) is 0.579. The maximum atomic E-state index is 13.1. The minimum atomic E-state index is -1.46. The van der Waals surface area contributed by atoms with Gasteiger partial charge in [0.2, 0.25) is 17.7 Å². The lowest BCUT2D eigenvalue weighted by atomic mass is 10.1. The predicted octanol–water partition coefficient (Wildman–Crippen LogP) is -2.82. The molecule has 1 fully saturated rings. The summed E-state index contributed by atoms with van der Waals surface area (Å²) in [4.78, 5) is 67.9. The average Bonchev–Trinajstić information content (AvgIpc) is 3.46. The number of aliphatic hydroxyl groups excluding tert-OH is 1. The molecule has 14 nitrogen and oxygen atoms in total. The summed E-state index contributed by atoms with van der Waals surface area (Å²) in [7, 11) is 0. The van der Waals surface area contributed by atoms with Crippen molar-refractivity contribution in [1.82, 2.24) is 25.5 Å². The molecule has 0 aromatic carbocycles. The number of carbonyl (C=O) groups excluding carboxylic acids is 3. The third kappa shape index (κ3) is 7.25. The van der Waals surface area contributed by atoms with Crippen molar-refractivity contribution in [2.75, 3.05) is 13.2 Å². The second-order valence-corrected chi connectivity index (χ2v) is 7.65. The van der Waals surface area contributed by atoms with E-state index in [4.69, 9.17) is 10.8 Å². The summed E-state index contributed by atoms with van der Waals surface area (Å²) in [5.74, 6) is -4.64. The Morgan fingerprint density at radius 3 is 2.45 bits per heavy atom. The minimum Gasteiger partial charge on any atom is -0.481 e. The van der Waals surface area contributed by atoms with Crippen molar-refractivity contribution in [2.24, 2.45) is 5.73 Å². The number of nitrogens with two attached hydrogens (primary N) is 1. The molecule has 182 valence electrons. The van der Waals surface area contributed by atoms with Crippen molar-refractivity contribution in [1.29, 1.82) is 0 Å². The zero-order valence-electron chi connectivity index (χ0n) is 17.8. The molecular formula is C19H28N6O8. The first-order valence-electron chi connectivity index (χ1n) is 10.3. The quantitative estimate of drug-likeness (QED) is 0.166. The van der Waals surface area contributed by atoms with Crippen molar-refractivity contribution in [3.63, 3.8) is 0 Å². The van der Waals surface area contributed by atoms with Gasteiger partial charge in [0.05, 0.1) is 19.0 Å². The van der Waals surface area contributed by atoms with Crippen LogP contribution in [0.25, 0.3) is 0 Å². The molecule has 3 amide bonds. The van der Waals surface area contributed by atoms with Crippen LogP contribution in [-0.2, 0) is 30.4 Å². The largest absolute Gasteiger partial charge is 0.481 e. The predicted molar refractivity (Wildman–Crippen MR) is 110 cm³/mol. The number of rotatable bonds is 12. The molecule has 0 spiro atoms. The van der Waals surface area contributed by atoms with Crippen LogP contribution in [0, 0.1) is 0 Å². The molecule has 0 radical (unpaired) electrons. The molecule has 1 saturated heterocycles. The second-order valence-electron chi connectivity index (χ2n) is 7.65. The van der Waals surface area contributed by atoms with Crippen molar-refractivity contribution in [3.05, 3.63) is 18.2 Å². The fourth-order valence-corrected chi connectivity index (χ4v) is 3.46. The van der Waals surface area contributed by atoms with Gasteiger partial charge >= 0.3 is 11.9 Å². The van der Waals surface area contributed by atoms with E-state index in [2.05, 4.69) is 20.6 Å². The topological polar surface area (TPSA) is 228 Å². The summed E-state index contributed by atoms with van der Waals surface area (Å²) in [5, 5.41) is 32.3. The Bertz CT molecular complexity index is 860. The Balaban J connectivity index is 2.10. The van der Waals surface area contributed by atoms with E-state index in [1.807, 2.05) is 0 Å². The van der Waals surface area contributed by atoms with E-state index in [9.17, 15) is 34.2 Å². The van der Waals surface area contributed by atoms with E-state index in [-0.39, 0.29) is 32.2 Å². The van der Waals surface area contributed by atoms with Gasteiger partial charge in [-0.05, 0) is 19.3 Å². The van der Waals surface area contributed by atoms with Crippen LogP contribution in [0.5, 0.6) is 0 Å². The van der Waals surface area contributed by atoms with Crippen molar-refractivity contribution in [3.8, 4) is 0 Å². The number of hydrogen-bond donors (Lipinski definition) is 7. The minimum absolute atomic E-state index is 0.0301. The molecule has 0 bridgehead atoms. The number of H-pyrrole nitrogens is 1. The Morgan fingerprint density at radius 2 is 1.88 bits per heavy atom. The number of carboxylic acids is 2. The Hall–Kier alpha value is -3.52. The zero-order chi connectivity index (χ0) is 24.5. The fourth-order valence-electron chi connectivity index (χ4n) is 3.46. The van der Waals surface area contributed by atoms with Gasteiger partial charge in [-0.1, -0.05) is 0 Å². The number of imidazole rings is 1. The third-order valence-electron chi connectivity index (χ3n) is 5.24. The highest BCUT2D eigenvalue weighted by Gasteiger charge is 2.38. The van der Waals surface area contributed by atoms with Gasteiger partial charge in [-0.15, -0.1) is 0 Å². The molecule has 4 atom stereocenters. The molecule has 4 unspecified atom stereocenters. The van der Waals surface area contributed by atoms with Crippen LogP contribution in [0.4, 0.5) is 0 Å². The number of likely N-dealkylation sites (tertiary alicyclic amines) is 1. The monoisotopic (exact) mass is 468 g/mol. The van der Waals surface area contributed by atoms with Gasteiger partial charge in [-0.2, -0.15) is 0 Å². The smallest absolute Gasteiger partial charge is 0.326 e. The van der Waals surface area contributed by atoms with Gasteiger partial charge < -0.3 is 41.6 Å². The molecule has 2 rings (SSSR count). The van der Waals surface area contributed by atoms with Crippen LogP contribution in [-0.4, -0.2) is 97.2 Å². The molecule has 33 heavy (non-hydrogen) atoms. The number of hydrogen-bond acceptors (Lipinski definition) is 8. The first-order chi connectivity index (χ1) is 15.6. The Kier molecular flexibility index (Phi) is 9.30. The first-order valence-corrected chi connectivity index (χ1v) is 10.3. The van der Waals surface area contributed by atoms with E-state index in [0.29, 0.717) is 12.1 Å². The summed E-state index contributed by atoms with van der Waals surface area (Å²) >= 11 is 0. The normalized spacial score (nSPS) is 18.2. The number of nitrogens with one attached hydrogen (secondary N) is 3. The number of carbonyl (C=O) groups is 5. The van der Waals surface area contributed by atoms with Crippen LogP contribution in [0.15, 0.2) is 12.5 Å². The third-order valence-corrected chi connectivity index (χ3v) is 5.24. The van der Waals surface area contributed by atoms with Crippen molar-refractivity contribution in [2.45, 2.75) is 56.3 Å². The van der Waals surface area contributed by atoms with Crippen molar-refractivity contribution < 1.29 is 39.3 Å². The van der Waals surface area contributed by atoms with Gasteiger partial charge in [-0.3, -0.25) is 19.2 Å². The Morgan fingerprint density at radius 1 is 1.18 bits per heavy atom. The van der Waals surface area contributed by atoms with E-state index in [1.54, 1.807) is 0 Å². The summed E-state index contributed by atoms with van der Waals surface area (Å²) in [6.45, 7) is -0.598. The molecule has 14 heteroatoms. The number of aliphatic carboxylic acids is 2. The van der Waals surface area contributed by atoms with Crippen LogP contribution < -0.4 is 16.4 Å². The summed E-state index contributed by atoms with van der Waals surface area (Å²) in [5.41, 5.74) is 6.12. The molecule has 8 N–H and O–H groups in total. The van der Waals surface area contributed by atoms with Crippen molar-refractivity contribution >= 4 is 29.7 Å².